The normalized spacial score (nSPS) is 8.60. The second kappa shape index (κ2) is 2.49. The van der Waals surface area contributed by atoms with Gasteiger partial charge in [-0.2, -0.15) is 0 Å². The van der Waals surface area contributed by atoms with Crippen molar-refractivity contribution in [2.24, 2.45) is 0 Å². The summed E-state index contributed by atoms with van der Waals surface area (Å²) in [5, 5.41) is 0. The fourth-order valence-corrected chi connectivity index (χ4v) is 0.631. The summed E-state index contributed by atoms with van der Waals surface area (Å²) in [5.74, 6) is 0.345. The second-order valence-corrected chi connectivity index (χ2v) is 2.10. The Bertz CT molecular complexity index is 223. The Morgan fingerprint density at radius 2 is 1.90 bits per heavy atom. The van der Waals surface area contributed by atoms with Crippen LogP contribution in [0.3, 0.4) is 0 Å². The van der Waals surface area contributed by atoms with Crippen LogP contribution in [0.15, 0.2) is 12.1 Å². The molecule has 1 aromatic heterocycles. The van der Waals surface area contributed by atoms with Gasteiger partial charge in [-0.25, -0.2) is 0 Å². The Hall–Kier alpha value is -2.05. The molecule has 1 heterocycles. The Kier molecular flexibility index (Phi) is 1.98. The fourth-order valence-electron chi connectivity index (χ4n) is 0.631. The maximum Gasteiger partial charge on any atom is 0 e. The number of hydrogen-bond donors (Lipinski definition) is 0. The van der Waals surface area contributed by atoms with Crippen LogP contribution in [-0.4, -0.2) is 4.98 Å². The van der Waals surface area contributed by atoms with E-state index in [0.717, 1.165) is 11.3 Å². The van der Waals surface area contributed by atoms with Gasteiger partial charge in [0.25, 0.3) is 0 Å². The zero-order valence-electron chi connectivity index (χ0n) is 6.31. The molecule has 1 N–H and O–H groups in total. The second-order valence-electron chi connectivity index (χ2n) is 2.10. The van der Waals surface area contributed by atoms with Gasteiger partial charge in [-0.15, -0.1) is 0 Å². The fraction of sp³-hybridized carbons (Fsp3) is 0.286. The number of hydrogen-bond acceptors (Lipinski definition) is 1. The molecular weight excluding hydrogens is 379 g/mol. The average Bonchev–Trinajstić information content (AvgIpc) is 1.80. The minimum atomic E-state index is 0. The molecule has 0 aliphatic carbocycles. The van der Waals surface area contributed by atoms with E-state index in [9.17, 15) is 0 Å². The maximum absolute atomic E-state index is 7.12. The van der Waals surface area contributed by atoms with Gasteiger partial charge in [0.2, 0.25) is 0 Å². The predicted molar refractivity (Wildman–Crippen MR) is 37.7 cm³/mol. The molecule has 0 unspecified atom stereocenters. The van der Waals surface area contributed by atoms with Gasteiger partial charge >= 0.3 is 0 Å². The van der Waals surface area contributed by atoms with Crippen LogP contribution in [0.1, 0.15) is 11.3 Å². The minimum Gasteiger partial charge on any atom is -0.482 e. The van der Waals surface area contributed by atoms with Crippen molar-refractivity contribution in [3.05, 3.63) is 29.1 Å². The molecule has 0 amide bonds. The molecule has 0 atom stereocenters. The third kappa shape index (κ3) is 1.22. The van der Waals surface area contributed by atoms with Crippen molar-refractivity contribution in [2.45, 2.75) is 13.8 Å². The van der Waals surface area contributed by atoms with Crippen molar-refractivity contribution >= 4 is 5.82 Å². The van der Waals surface area contributed by atoms with Crippen LogP contribution >= 0.6 is 0 Å². The first-order valence-electron chi connectivity index (χ1n) is 2.86. The molecule has 2 nitrogen and oxygen atoms in total. The number of nitrogens with zero attached hydrogens (tertiary/aromatic N) is 1. The molecule has 1 rings (SSSR count). The quantitative estimate of drug-likeness (QED) is 0.673. The predicted octanol–water partition coefficient (Wildman–Crippen LogP) is 2.38. The van der Waals surface area contributed by atoms with E-state index < -0.39 is 0 Å². The van der Waals surface area contributed by atoms with E-state index in [1.165, 1.54) is 0 Å². The van der Waals surface area contributed by atoms with Crippen LogP contribution in [0.4, 0.5) is 5.82 Å². The molecule has 0 saturated heterocycles. The molecule has 0 spiro atoms. The van der Waals surface area contributed by atoms with Crippen molar-refractivity contribution in [3.8, 4) is 0 Å². The van der Waals surface area contributed by atoms with E-state index in [1.807, 2.05) is 19.9 Å². The van der Waals surface area contributed by atoms with Crippen LogP contribution in [0.5, 0.6) is 0 Å². The molecule has 50 valence electrons. The van der Waals surface area contributed by atoms with Gasteiger partial charge in [0.15, 0.2) is 0 Å². The monoisotopic (exact) mass is 388 g/mol. The van der Waals surface area contributed by atoms with E-state index in [0.29, 0.717) is 5.82 Å². The SMILES string of the molecule is Cc1ccc([NH-])nc1C.[Rf]. The molecule has 1 aromatic rings. The summed E-state index contributed by atoms with van der Waals surface area (Å²) in [6, 6.07) is 3.60. The van der Waals surface area contributed by atoms with Crippen molar-refractivity contribution in [3.63, 3.8) is 0 Å². The largest absolute Gasteiger partial charge is 0.482 e. The standard InChI is InChI=1S/C7H9N2.Rf/c1-5-3-4-7(8)9-6(5)2;/h3-4H,1-2H3,(H-,8,9);/q-1;. The smallest absolute Gasteiger partial charge is 0 e. The van der Waals surface area contributed by atoms with Crippen molar-refractivity contribution in [2.75, 3.05) is 0 Å². The average molecular weight is 388 g/mol. The minimum absolute atomic E-state index is 0. The number of aromatic nitrogens is 1. The Morgan fingerprint density at radius 3 is 2.30 bits per heavy atom. The van der Waals surface area contributed by atoms with Gasteiger partial charge in [-0.1, -0.05) is 29.2 Å². The van der Waals surface area contributed by atoms with Gasteiger partial charge in [-0.3, -0.25) is 0 Å². The number of rotatable bonds is 0. The number of nitrogens with one attached hydrogen (secondary N) is 1. The van der Waals surface area contributed by atoms with Crippen LogP contribution in [0.25, 0.3) is 5.73 Å². The van der Waals surface area contributed by atoms with E-state index in [2.05, 4.69) is 4.98 Å². The van der Waals surface area contributed by atoms with Crippen molar-refractivity contribution < 1.29 is 0 Å². The summed E-state index contributed by atoms with van der Waals surface area (Å²) < 4.78 is 0. The summed E-state index contributed by atoms with van der Waals surface area (Å²) in [6.45, 7) is 3.90. The van der Waals surface area contributed by atoms with Crippen LogP contribution in [-0.2, 0) is 0 Å². The molecule has 0 bridgehead atoms. The third-order valence-electron chi connectivity index (χ3n) is 1.35. The first-order valence-corrected chi connectivity index (χ1v) is 2.86. The van der Waals surface area contributed by atoms with Crippen molar-refractivity contribution in [1.82, 2.24) is 4.98 Å². The molecule has 0 aliphatic heterocycles. The van der Waals surface area contributed by atoms with E-state index in [-0.39, 0.29) is 0 Å². The molecular formula is C7H9N2Rf-. The van der Waals surface area contributed by atoms with E-state index in [1.54, 1.807) is 6.07 Å². The zero-order chi connectivity index (χ0) is 6.85. The molecule has 0 fully saturated rings. The summed E-state index contributed by atoms with van der Waals surface area (Å²) in [5.41, 5.74) is 9.21. The first-order chi connectivity index (χ1) is 4.20. The van der Waals surface area contributed by atoms with Gasteiger partial charge in [0.1, 0.15) is 0 Å². The summed E-state index contributed by atoms with van der Waals surface area (Å²) in [4.78, 5) is 3.94. The van der Waals surface area contributed by atoms with Gasteiger partial charge < -0.3 is 10.7 Å². The Balaban J connectivity index is 0.000000810. The third-order valence-corrected chi connectivity index (χ3v) is 1.35. The number of pyridine rings is 1. The zero-order valence-corrected chi connectivity index (χ0v) is 12.7. The summed E-state index contributed by atoms with van der Waals surface area (Å²) >= 11 is 0. The van der Waals surface area contributed by atoms with E-state index in [4.69, 9.17) is 5.73 Å². The van der Waals surface area contributed by atoms with E-state index >= 15 is 0 Å². The van der Waals surface area contributed by atoms with Crippen LogP contribution in [0, 0.1) is 13.8 Å². The molecule has 0 saturated carbocycles. The van der Waals surface area contributed by atoms with Crippen LogP contribution in [0.2, 0.25) is 0 Å². The number of aryl methyl sites for hydroxylation is 2. The summed E-state index contributed by atoms with van der Waals surface area (Å²) in [6.07, 6.45) is 0. The van der Waals surface area contributed by atoms with Gasteiger partial charge in [0, 0.05) is 0 Å². The molecule has 0 aromatic carbocycles. The molecule has 0 aliphatic rings. The first kappa shape index (κ1) is 7.95. The van der Waals surface area contributed by atoms with Gasteiger partial charge in [0.05, 0.1) is 0 Å². The molecule has 3 heteroatoms. The molecule has 10 heavy (non-hydrogen) atoms. The topological polar surface area (TPSA) is 36.7 Å². The molecule has 0 radical (unpaired) electrons. The Labute approximate surface area is 54.7 Å². The maximum atomic E-state index is 7.12. The van der Waals surface area contributed by atoms with Gasteiger partial charge in [-0.05, 0) is 13.8 Å². The van der Waals surface area contributed by atoms with Crippen molar-refractivity contribution in [1.29, 1.82) is 0 Å². The Morgan fingerprint density at radius 1 is 1.30 bits per heavy atom. The summed E-state index contributed by atoms with van der Waals surface area (Å²) in [7, 11) is 0. The van der Waals surface area contributed by atoms with Crippen LogP contribution < -0.4 is 0 Å².